The van der Waals surface area contributed by atoms with Gasteiger partial charge in [-0.25, -0.2) is 9.97 Å². The summed E-state index contributed by atoms with van der Waals surface area (Å²) in [6, 6.07) is 15.6. The lowest BCUT2D eigenvalue weighted by atomic mass is 9.96. The third-order valence-corrected chi connectivity index (χ3v) is 6.35. The second-order valence-electron chi connectivity index (χ2n) is 7.36. The minimum Gasteiger partial charge on any atom is -0.354 e. The van der Waals surface area contributed by atoms with Crippen LogP contribution >= 0.6 is 23.4 Å². The Morgan fingerprint density at radius 2 is 1.83 bits per heavy atom. The molecule has 0 saturated carbocycles. The van der Waals surface area contributed by atoms with Crippen molar-refractivity contribution in [1.82, 2.24) is 9.97 Å². The van der Waals surface area contributed by atoms with E-state index in [4.69, 9.17) is 11.6 Å². The summed E-state index contributed by atoms with van der Waals surface area (Å²) in [6.45, 7) is 3.64. The fraction of sp³-hybridized carbons (Fsp3) is 0.261. The summed E-state index contributed by atoms with van der Waals surface area (Å²) >= 11 is 7.54. The number of hydrogen-bond acceptors (Lipinski definition) is 5. The van der Waals surface area contributed by atoms with Crippen molar-refractivity contribution in [2.75, 3.05) is 23.3 Å². The van der Waals surface area contributed by atoms with Crippen molar-refractivity contribution >= 4 is 40.8 Å². The highest BCUT2D eigenvalue weighted by Crippen LogP contribution is 2.34. The average Bonchev–Trinajstić information content (AvgIpc) is 2.76. The Labute approximate surface area is 185 Å². The van der Waals surface area contributed by atoms with Crippen LogP contribution in [0.1, 0.15) is 18.4 Å². The maximum Gasteiger partial charge on any atom is 0.227 e. The van der Waals surface area contributed by atoms with Crippen LogP contribution in [0, 0.1) is 12.8 Å². The molecule has 2 heterocycles. The second-order valence-corrected chi connectivity index (χ2v) is 8.86. The van der Waals surface area contributed by atoms with Crippen LogP contribution < -0.4 is 10.2 Å². The molecular formula is C23H23ClN4OS. The normalized spacial score (nSPS) is 14.5. The number of nitrogens with zero attached hydrogens (tertiary/aromatic N) is 3. The summed E-state index contributed by atoms with van der Waals surface area (Å²) in [6.07, 6.45) is 5.03. The molecule has 1 amide bonds. The fourth-order valence-electron chi connectivity index (χ4n) is 3.53. The van der Waals surface area contributed by atoms with Gasteiger partial charge in [0.05, 0.1) is 0 Å². The highest BCUT2D eigenvalue weighted by atomic mass is 35.5. The molecule has 1 saturated heterocycles. The number of piperidine rings is 1. The number of hydrogen-bond donors (Lipinski definition) is 1. The van der Waals surface area contributed by atoms with Crippen LogP contribution in [0.4, 0.5) is 11.5 Å². The molecule has 0 atom stereocenters. The van der Waals surface area contributed by atoms with Gasteiger partial charge in [0, 0.05) is 47.0 Å². The Hall–Kier alpha value is -2.57. The molecule has 1 N–H and O–H groups in total. The van der Waals surface area contributed by atoms with E-state index in [-0.39, 0.29) is 11.8 Å². The first kappa shape index (κ1) is 20.7. The maximum atomic E-state index is 12.6. The Bertz CT molecular complexity index is 1020. The van der Waals surface area contributed by atoms with Crippen LogP contribution in [0.3, 0.4) is 0 Å². The van der Waals surface area contributed by atoms with E-state index < -0.39 is 0 Å². The zero-order chi connectivity index (χ0) is 20.9. The lowest BCUT2D eigenvalue weighted by Gasteiger charge is -2.32. The highest BCUT2D eigenvalue weighted by molar-refractivity contribution is 7.99. The Kier molecular flexibility index (Phi) is 6.55. The molecule has 2 aromatic carbocycles. The Morgan fingerprint density at radius 3 is 2.57 bits per heavy atom. The van der Waals surface area contributed by atoms with Crippen molar-refractivity contribution in [1.29, 1.82) is 0 Å². The van der Waals surface area contributed by atoms with E-state index in [0.717, 1.165) is 47.4 Å². The minimum atomic E-state index is -0.0125. The van der Waals surface area contributed by atoms with Gasteiger partial charge in [-0.15, -0.1) is 0 Å². The molecule has 1 aromatic heterocycles. The molecular weight excluding hydrogens is 416 g/mol. The molecule has 0 radical (unpaired) electrons. The van der Waals surface area contributed by atoms with Crippen LogP contribution in [0.5, 0.6) is 0 Å². The van der Waals surface area contributed by atoms with Gasteiger partial charge in [0.1, 0.15) is 5.03 Å². The number of benzene rings is 2. The number of carbonyl (C=O) groups excluding carboxylic acids is 1. The first-order valence-corrected chi connectivity index (χ1v) is 11.1. The number of aryl methyl sites for hydroxylation is 1. The van der Waals surface area contributed by atoms with E-state index in [9.17, 15) is 4.79 Å². The SMILES string of the molecule is Cc1cccc(Sc2nccnc2N2CCC(C(=O)Nc3ccc(Cl)cc3)CC2)c1. The van der Waals surface area contributed by atoms with Gasteiger partial charge in [-0.2, -0.15) is 0 Å². The zero-order valence-corrected chi connectivity index (χ0v) is 18.3. The number of halogens is 1. The Balaban J connectivity index is 1.39. The minimum absolute atomic E-state index is 0.0125. The quantitative estimate of drug-likeness (QED) is 0.574. The predicted octanol–water partition coefficient (Wildman–Crippen LogP) is 5.44. The molecule has 1 aliphatic rings. The largest absolute Gasteiger partial charge is 0.354 e. The van der Waals surface area contributed by atoms with Gasteiger partial charge in [0.2, 0.25) is 5.91 Å². The van der Waals surface area contributed by atoms with Crippen molar-refractivity contribution < 1.29 is 4.79 Å². The second kappa shape index (κ2) is 9.49. The van der Waals surface area contributed by atoms with E-state index >= 15 is 0 Å². The molecule has 1 fully saturated rings. The molecule has 5 nitrogen and oxygen atoms in total. The summed E-state index contributed by atoms with van der Waals surface area (Å²) in [5, 5.41) is 4.55. The molecule has 30 heavy (non-hydrogen) atoms. The molecule has 7 heteroatoms. The third kappa shape index (κ3) is 5.12. The number of nitrogens with one attached hydrogen (secondary N) is 1. The van der Waals surface area contributed by atoms with Crippen LogP contribution in [-0.2, 0) is 4.79 Å². The van der Waals surface area contributed by atoms with Crippen LogP contribution in [0.15, 0.2) is 70.8 Å². The predicted molar refractivity (Wildman–Crippen MR) is 122 cm³/mol. The average molecular weight is 439 g/mol. The molecule has 0 unspecified atom stereocenters. The topological polar surface area (TPSA) is 58.1 Å². The lowest BCUT2D eigenvalue weighted by Crippen LogP contribution is -2.38. The van der Waals surface area contributed by atoms with Crippen molar-refractivity contribution in [3.05, 3.63) is 71.5 Å². The van der Waals surface area contributed by atoms with E-state index in [1.807, 2.05) is 12.1 Å². The maximum absolute atomic E-state index is 12.6. The van der Waals surface area contributed by atoms with E-state index in [1.54, 1.807) is 36.3 Å². The molecule has 4 rings (SSSR count). The first-order chi connectivity index (χ1) is 14.6. The molecule has 0 spiro atoms. The van der Waals surface area contributed by atoms with Gasteiger partial charge in [0.15, 0.2) is 5.82 Å². The molecule has 154 valence electrons. The molecule has 1 aliphatic heterocycles. The smallest absolute Gasteiger partial charge is 0.227 e. The van der Waals surface area contributed by atoms with Gasteiger partial charge in [-0.3, -0.25) is 4.79 Å². The number of anilines is 2. The van der Waals surface area contributed by atoms with Crippen molar-refractivity contribution in [2.45, 2.75) is 29.7 Å². The number of aromatic nitrogens is 2. The van der Waals surface area contributed by atoms with Gasteiger partial charge in [0.25, 0.3) is 0 Å². The van der Waals surface area contributed by atoms with E-state index in [2.05, 4.69) is 51.4 Å². The van der Waals surface area contributed by atoms with Crippen molar-refractivity contribution in [2.24, 2.45) is 5.92 Å². The van der Waals surface area contributed by atoms with Gasteiger partial charge in [-0.1, -0.05) is 41.1 Å². The first-order valence-electron chi connectivity index (χ1n) is 9.95. The molecule has 3 aromatic rings. The fourth-order valence-corrected chi connectivity index (χ4v) is 4.66. The van der Waals surface area contributed by atoms with E-state index in [0.29, 0.717) is 5.02 Å². The van der Waals surface area contributed by atoms with Gasteiger partial charge < -0.3 is 10.2 Å². The van der Waals surface area contributed by atoms with Crippen molar-refractivity contribution in [3.8, 4) is 0 Å². The van der Waals surface area contributed by atoms with E-state index in [1.165, 1.54) is 5.56 Å². The summed E-state index contributed by atoms with van der Waals surface area (Å²) in [7, 11) is 0. The van der Waals surface area contributed by atoms with Crippen LogP contribution in [0.25, 0.3) is 0 Å². The van der Waals surface area contributed by atoms with Crippen LogP contribution in [0.2, 0.25) is 5.02 Å². The lowest BCUT2D eigenvalue weighted by molar-refractivity contribution is -0.120. The van der Waals surface area contributed by atoms with Crippen LogP contribution in [-0.4, -0.2) is 29.0 Å². The molecule has 0 bridgehead atoms. The van der Waals surface area contributed by atoms with Gasteiger partial charge in [-0.05, 0) is 56.2 Å². The monoisotopic (exact) mass is 438 g/mol. The number of rotatable bonds is 5. The summed E-state index contributed by atoms with van der Waals surface area (Å²) in [5.74, 6) is 0.938. The number of carbonyl (C=O) groups is 1. The number of amides is 1. The standard InChI is InChI=1S/C23H23ClN4OS/c1-16-3-2-4-20(15-16)30-23-21(25-11-12-26-23)28-13-9-17(10-14-28)22(29)27-19-7-5-18(24)6-8-19/h2-8,11-12,15,17H,9-10,13-14H2,1H3,(H,27,29). The highest BCUT2D eigenvalue weighted by Gasteiger charge is 2.27. The Morgan fingerprint density at radius 1 is 1.10 bits per heavy atom. The summed E-state index contributed by atoms with van der Waals surface area (Å²) in [4.78, 5) is 25.2. The third-order valence-electron chi connectivity index (χ3n) is 5.13. The molecule has 0 aliphatic carbocycles. The summed E-state index contributed by atoms with van der Waals surface area (Å²) in [5.41, 5.74) is 2.00. The van der Waals surface area contributed by atoms with Gasteiger partial charge >= 0.3 is 0 Å². The van der Waals surface area contributed by atoms with Crippen molar-refractivity contribution in [3.63, 3.8) is 0 Å². The zero-order valence-electron chi connectivity index (χ0n) is 16.7. The summed E-state index contributed by atoms with van der Waals surface area (Å²) < 4.78 is 0.